The van der Waals surface area contributed by atoms with Crippen molar-refractivity contribution in [3.8, 4) is 11.1 Å². The lowest BCUT2D eigenvalue weighted by atomic mass is 10.0. The summed E-state index contributed by atoms with van der Waals surface area (Å²) >= 11 is 6.28. The number of hydrogen-bond donors (Lipinski definition) is 1. The Labute approximate surface area is 113 Å². The van der Waals surface area contributed by atoms with Gasteiger partial charge in [0.2, 0.25) is 0 Å². The second-order valence-corrected chi connectivity index (χ2v) is 4.70. The Morgan fingerprint density at radius 2 is 2.17 bits per heavy atom. The van der Waals surface area contributed by atoms with E-state index in [1.54, 1.807) is 0 Å². The molecule has 0 bridgehead atoms. The van der Waals surface area contributed by atoms with Crippen molar-refractivity contribution in [1.29, 1.82) is 0 Å². The SMILES string of the molecule is CCn1ncc(-c2ccc(CNC)c(Cl)c2)c1C. The summed E-state index contributed by atoms with van der Waals surface area (Å²) in [7, 11) is 1.92. The second kappa shape index (κ2) is 5.55. The third kappa shape index (κ3) is 2.42. The van der Waals surface area contributed by atoms with E-state index in [-0.39, 0.29) is 0 Å². The highest BCUT2D eigenvalue weighted by molar-refractivity contribution is 6.31. The van der Waals surface area contributed by atoms with Crippen molar-refractivity contribution in [3.63, 3.8) is 0 Å². The van der Waals surface area contributed by atoms with Gasteiger partial charge in [0.1, 0.15) is 0 Å². The van der Waals surface area contributed by atoms with E-state index < -0.39 is 0 Å². The van der Waals surface area contributed by atoms with Crippen LogP contribution in [0.1, 0.15) is 18.2 Å². The molecule has 0 saturated carbocycles. The van der Waals surface area contributed by atoms with Gasteiger partial charge in [-0.2, -0.15) is 5.10 Å². The molecule has 0 unspecified atom stereocenters. The molecule has 0 radical (unpaired) electrons. The molecule has 1 N–H and O–H groups in total. The van der Waals surface area contributed by atoms with E-state index in [0.717, 1.165) is 34.8 Å². The number of benzene rings is 1. The first kappa shape index (κ1) is 13.1. The molecule has 96 valence electrons. The molecular formula is C14H18ClN3. The number of nitrogens with zero attached hydrogens (tertiary/aromatic N) is 2. The number of nitrogens with one attached hydrogen (secondary N) is 1. The maximum atomic E-state index is 6.28. The smallest absolute Gasteiger partial charge is 0.0571 e. The van der Waals surface area contributed by atoms with Gasteiger partial charge in [0, 0.05) is 29.4 Å². The summed E-state index contributed by atoms with van der Waals surface area (Å²) in [6.07, 6.45) is 1.90. The summed E-state index contributed by atoms with van der Waals surface area (Å²) in [6.45, 7) is 5.84. The first-order valence-electron chi connectivity index (χ1n) is 6.13. The van der Waals surface area contributed by atoms with Crippen molar-refractivity contribution in [2.45, 2.75) is 26.9 Å². The molecule has 1 heterocycles. The molecule has 1 aromatic carbocycles. The van der Waals surface area contributed by atoms with Crippen LogP contribution in [0.5, 0.6) is 0 Å². The van der Waals surface area contributed by atoms with E-state index in [1.165, 1.54) is 5.69 Å². The fourth-order valence-corrected chi connectivity index (χ4v) is 2.34. The molecule has 2 aromatic rings. The molecule has 4 heteroatoms. The van der Waals surface area contributed by atoms with Gasteiger partial charge >= 0.3 is 0 Å². The maximum Gasteiger partial charge on any atom is 0.0571 e. The normalized spacial score (nSPS) is 10.9. The molecule has 0 aliphatic rings. The van der Waals surface area contributed by atoms with Gasteiger partial charge in [0.25, 0.3) is 0 Å². The van der Waals surface area contributed by atoms with Crippen molar-refractivity contribution < 1.29 is 0 Å². The molecule has 0 aliphatic carbocycles. The van der Waals surface area contributed by atoms with Crippen molar-refractivity contribution >= 4 is 11.6 Å². The van der Waals surface area contributed by atoms with Gasteiger partial charge in [-0.3, -0.25) is 4.68 Å². The lowest BCUT2D eigenvalue weighted by Crippen LogP contribution is -2.05. The van der Waals surface area contributed by atoms with Gasteiger partial charge in [0.05, 0.1) is 6.20 Å². The Hall–Kier alpha value is -1.32. The number of hydrogen-bond acceptors (Lipinski definition) is 2. The summed E-state index contributed by atoms with van der Waals surface area (Å²) in [6, 6.07) is 6.18. The van der Waals surface area contributed by atoms with E-state index in [1.807, 2.05) is 24.0 Å². The van der Waals surface area contributed by atoms with Crippen LogP contribution in [-0.2, 0) is 13.1 Å². The van der Waals surface area contributed by atoms with Crippen LogP contribution in [0.25, 0.3) is 11.1 Å². The van der Waals surface area contributed by atoms with Crippen LogP contribution in [0.2, 0.25) is 5.02 Å². The van der Waals surface area contributed by atoms with E-state index >= 15 is 0 Å². The molecule has 0 fully saturated rings. The highest BCUT2D eigenvalue weighted by Crippen LogP contribution is 2.27. The zero-order chi connectivity index (χ0) is 13.1. The topological polar surface area (TPSA) is 29.9 Å². The Morgan fingerprint density at radius 3 is 2.72 bits per heavy atom. The van der Waals surface area contributed by atoms with Gasteiger partial charge in [-0.05, 0) is 38.1 Å². The average Bonchev–Trinajstić information content (AvgIpc) is 2.73. The van der Waals surface area contributed by atoms with E-state index in [0.29, 0.717) is 0 Å². The number of rotatable bonds is 4. The third-order valence-electron chi connectivity index (χ3n) is 3.13. The third-order valence-corrected chi connectivity index (χ3v) is 3.49. The Kier molecular flexibility index (Phi) is 4.04. The predicted molar refractivity (Wildman–Crippen MR) is 75.8 cm³/mol. The molecule has 0 spiro atoms. The van der Waals surface area contributed by atoms with Gasteiger partial charge in [-0.25, -0.2) is 0 Å². The average molecular weight is 264 g/mol. The molecule has 0 atom stereocenters. The molecule has 0 amide bonds. The Bertz CT molecular complexity index is 546. The van der Waals surface area contributed by atoms with Crippen LogP contribution in [0, 0.1) is 6.92 Å². The van der Waals surface area contributed by atoms with E-state index in [2.05, 4.69) is 36.4 Å². The summed E-state index contributed by atoms with van der Waals surface area (Å²) in [5.74, 6) is 0. The fraction of sp³-hybridized carbons (Fsp3) is 0.357. The summed E-state index contributed by atoms with van der Waals surface area (Å²) in [4.78, 5) is 0. The Morgan fingerprint density at radius 1 is 1.39 bits per heavy atom. The molecule has 1 aromatic heterocycles. The van der Waals surface area contributed by atoms with Crippen LogP contribution in [0.3, 0.4) is 0 Å². The minimum Gasteiger partial charge on any atom is -0.316 e. The molecule has 2 rings (SSSR count). The predicted octanol–water partition coefficient (Wildman–Crippen LogP) is 3.25. The zero-order valence-electron chi connectivity index (χ0n) is 11.0. The van der Waals surface area contributed by atoms with Crippen LogP contribution in [0.15, 0.2) is 24.4 Å². The fourth-order valence-electron chi connectivity index (χ4n) is 2.10. The second-order valence-electron chi connectivity index (χ2n) is 4.30. The lowest BCUT2D eigenvalue weighted by Gasteiger charge is -2.07. The molecule has 0 saturated heterocycles. The molecule has 0 aliphatic heterocycles. The van der Waals surface area contributed by atoms with Crippen molar-refractivity contribution in [2.24, 2.45) is 0 Å². The standard InChI is InChI=1S/C14H18ClN3/c1-4-18-10(2)13(9-17-18)11-5-6-12(8-16-3)14(15)7-11/h5-7,9,16H,4,8H2,1-3H3. The summed E-state index contributed by atoms with van der Waals surface area (Å²) in [5, 5.41) is 8.26. The summed E-state index contributed by atoms with van der Waals surface area (Å²) < 4.78 is 1.99. The summed E-state index contributed by atoms with van der Waals surface area (Å²) in [5.41, 5.74) is 4.56. The van der Waals surface area contributed by atoms with Crippen molar-refractivity contribution in [2.75, 3.05) is 7.05 Å². The van der Waals surface area contributed by atoms with E-state index in [4.69, 9.17) is 11.6 Å². The highest BCUT2D eigenvalue weighted by atomic mass is 35.5. The van der Waals surface area contributed by atoms with Gasteiger partial charge in [-0.1, -0.05) is 23.7 Å². The first-order chi connectivity index (χ1) is 8.67. The number of aryl methyl sites for hydroxylation is 1. The first-order valence-corrected chi connectivity index (χ1v) is 6.51. The van der Waals surface area contributed by atoms with Crippen molar-refractivity contribution in [1.82, 2.24) is 15.1 Å². The van der Waals surface area contributed by atoms with Gasteiger partial charge in [-0.15, -0.1) is 0 Å². The molecule has 18 heavy (non-hydrogen) atoms. The Balaban J connectivity index is 2.39. The van der Waals surface area contributed by atoms with Crippen LogP contribution in [-0.4, -0.2) is 16.8 Å². The minimum absolute atomic E-state index is 0.784. The minimum atomic E-state index is 0.784. The van der Waals surface area contributed by atoms with Crippen LogP contribution < -0.4 is 5.32 Å². The largest absolute Gasteiger partial charge is 0.316 e. The van der Waals surface area contributed by atoms with E-state index in [9.17, 15) is 0 Å². The zero-order valence-corrected chi connectivity index (χ0v) is 11.8. The number of halogens is 1. The highest BCUT2D eigenvalue weighted by Gasteiger charge is 2.09. The van der Waals surface area contributed by atoms with Crippen molar-refractivity contribution in [3.05, 3.63) is 40.7 Å². The van der Waals surface area contributed by atoms with Crippen LogP contribution >= 0.6 is 11.6 Å². The quantitative estimate of drug-likeness (QED) is 0.918. The molecule has 3 nitrogen and oxygen atoms in total. The monoisotopic (exact) mass is 263 g/mol. The van der Waals surface area contributed by atoms with Gasteiger partial charge in [0.15, 0.2) is 0 Å². The van der Waals surface area contributed by atoms with Gasteiger partial charge < -0.3 is 5.32 Å². The lowest BCUT2D eigenvalue weighted by molar-refractivity contribution is 0.640. The van der Waals surface area contributed by atoms with Crippen LogP contribution in [0.4, 0.5) is 0 Å². The maximum absolute atomic E-state index is 6.28. The number of aromatic nitrogens is 2. The molecular weight excluding hydrogens is 246 g/mol.